The number of anilines is 1. The van der Waals surface area contributed by atoms with E-state index in [0.29, 0.717) is 23.0 Å². The number of carbonyl (C=O) groups is 2. The van der Waals surface area contributed by atoms with Gasteiger partial charge in [-0.3, -0.25) is 9.69 Å². The fraction of sp³-hybridized carbons (Fsp3) is 0.444. The molecule has 4 rings (SSSR count). The Morgan fingerprint density at radius 2 is 1.71 bits per heavy atom. The summed E-state index contributed by atoms with van der Waals surface area (Å²) < 4.78 is 39.1. The van der Waals surface area contributed by atoms with Crippen molar-refractivity contribution in [3.05, 3.63) is 48.0 Å². The normalized spacial score (nSPS) is 14.1. The summed E-state index contributed by atoms with van der Waals surface area (Å²) in [4.78, 5) is 35.6. The highest BCUT2D eigenvalue weighted by molar-refractivity contribution is 7.89. The number of fused-ring (bicyclic) bond motifs is 1. The van der Waals surface area contributed by atoms with Crippen LogP contribution in [0.3, 0.4) is 0 Å². The zero-order valence-electron chi connectivity index (χ0n) is 23.6. The molecule has 224 valence electrons. The topological polar surface area (TPSA) is 113 Å². The second-order valence-corrected chi connectivity index (χ2v) is 12.5. The molecule has 0 radical (unpaired) electrons. The summed E-state index contributed by atoms with van der Waals surface area (Å²) in [6, 6.07) is 11.6. The van der Waals surface area contributed by atoms with Crippen molar-refractivity contribution in [1.82, 2.24) is 19.1 Å². The van der Waals surface area contributed by atoms with Gasteiger partial charge in [-0.05, 0) is 70.4 Å². The lowest BCUT2D eigenvalue weighted by Gasteiger charge is -2.33. The van der Waals surface area contributed by atoms with Crippen LogP contribution in [-0.4, -0.2) is 107 Å². The van der Waals surface area contributed by atoms with Gasteiger partial charge in [-0.25, -0.2) is 18.2 Å². The Balaban J connectivity index is 0.00000462. The molecule has 1 aromatic heterocycles. The van der Waals surface area contributed by atoms with Gasteiger partial charge in [0, 0.05) is 44.4 Å². The van der Waals surface area contributed by atoms with E-state index in [-0.39, 0.29) is 56.0 Å². The fourth-order valence-corrected chi connectivity index (χ4v) is 6.76. The first kappa shape index (κ1) is 32.5. The molecule has 0 atom stereocenters. The molecular weight excluding hydrogens is 590 g/mol. The molecule has 2 heterocycles. The quantitative estimate of drug-likeness (QED) is 0.335. The number of thiazole rings is 1. The molecule has 0 unspecified atom stereocenters. The van der Waals surface area contributed by atoms with E-state index in [4.69, 9.17) is 14.5 Å². The first-order chi connectivity index (χ1) is 19.1. The lowest BCUT2D eigenvalue weighted by molar-refractivity contribution is 0.0933. The molecule has 0 bridgehead atoms. The third kappa shape index (κ3) is 7.66. The van der Waals surface area contributed by atoms with Crippen molar-refractivity contribution in [2.24, 2.45) is 0 Å². The number of piperazine rings is 1. The Hall–Kier alpha value is -2.97. The molecule has 1 aliphatic rings. The number of sulfonamides is 1. The van der Waals surface area contributed by atoms with Gasteiger partial charge in [0.05, 0.1) is 28.8 Å². The molecule has 11 nitrogen and oxygen atoms in total. The van der Waals surface area contributed by atoms with Gasteiger partial charge in [0.15, 0.2) is 5.13 Å². The Labute approximate surface area is 251 Å². The Morgan fingerprint density at radius 1 is 1.02 bits per heavy atom. The molecule has 1 aliphatic heterocycles. The average Bonchev–Trinajstić information content (AvgIpc) is 3.38. The number of ether oxygens (including phenoxy) is 2. The number of aromatic nitrogens is 1. The molecule has 0 N–H and O–H groups in total. The van der Waals surface area contributed by atoms with E-state index in [0.717, 1.165) is 23.2 Å². The van der Waals surface area contributed by atoms with Crippen molar-refractivity contribution in [3.8, 4) is 5.75 Å². The van der Waals surface area contributed by atoms with Crippen molar-refractivity contribution < 1.29 is 27.5 Å². The van der Waals surface area contributed by atoms with E-state index in [2.05, 4.69) is 4.90 Å². The van der Waals surface area contributed by atoms with Gasteiger partial charge < -0.3 is 19.3 Å². The van der Waals surface area contributed by atoms with Crippen LogP contribution in [0.15, 0.2) is 47.4 Å². The average molecular weight is 626 g/mol. The van der Waals surface area contributed by atoms with E-state index in [1.54, 1.807) is 31.1 Å². The Morgan fingerprint density at radius 3 is 2.32 bits per heavy atom. The molecule has 3 aromatic rings. The van der Waals surface area contributed by atoms with E-state index in [9.17, 15) is 18.0 Å². The number of carbonyl (C=O) groups excluding carboxylic acids is 2. The predicted molar refractivity (Wildman–Crippen MR) is 162 cm³/mol. The summed E-state index contributed by atoms with van der Waals surface area (Å²) in [5.74, 6) is 0.436. The SMILES string of the molecule is CCOC(=O)N1CCN(S(=O)(=O)c2ccc(C(=O)N(CCCN(C)C)c3nc4cc(OC)ccc4s3)cc2)CC1.Cl. The smallest absolute Gasteiger partial charge is 0.409 e. The van der Waals surface area contributed by atoms with Crippen LogP contribution in [0.2, 0.25) is 0 Å². The highest BCUT2D eigenvalue weighted by atomic mass is 35.5. The van der Waals surface area contributed by atoms with Crippen molar-refractivity contribution >= 4 is 61.1 Å². The zero-order chi connectivity index (χ0) is 28.9. The number of rotatable bonds is 10. The van der Waals surface area contributed by atoms with E-state index >= 15 is 0 Å². The highest BCUT2D eigenvalue weighted by Gasteiger charge is 2.31. The minimum atomic E-state index is -3.78. The number of nitrogens with zero attached hydrogens (tertiary/aromatic N) is 5. The minimum Gasteiger partial charge on any atom is -0.497 e. The molecular formula is C27H36ClN5O6S2. The monoisotopic (exact) mass is 625 g/mol. The number of halogens is 1. The van der Waals surface area contributed by atoms with Gasteiger partial charge >= 0.3 is 6.09 Å². The maximum absolute atomic E-state index is 13.7. The minimum absolute atomic E-state index is 0. The van der Waals surface area contributed by atoms with Gasteiger partial charge in [0.1, 0.15) is 5.75 Å². The standard InChI is InChI=1S/C27H35N5O6S2.ClH/c1-5-38-27(34)30-15-17-31(18-16-30)40(35,36)22-10-7-20(8-11-22)25(33)32(14-6-13-29(2)3)26-28-23-19-21(37-4)9-12-24(23)39-26;/h7-12,19H,5-6,13-18H2,1-4H3;1H. The molecule has 14 heteroatoms. The fourth-order valence-electron chi connectivity index (χ4n) is 4.37. The van der Waals surface area contributed by atoms with Crippen LogP contribution in [0.4, 0.5) is 9.93 Å². The lowest BCUT2D eigenvalue weighted by Crippen LogP contribution is -2.50. The first-order valence-corrected chi connectivity index (χ1v) is 15.3. The molecule has 0 aliphatic carbocycles. The number of hydrogen-bond acceptors (Lipinski definition) is 9. The first-order valence-electron chi connectivity index (χ1n) is 13.1. The number of hydrogen-bond donors (Lipinski definition) is 0. The number of methoxy groups -OCH3 is 1. The highest BCUT2D eigenvalue weighted by Crippen LogP contribution is 2.32. The summed E-state index contributed by atoms with van der Waals surface area (Å²) in [5, 5.41) is 0.572. The number of benzene rings is 2. The van der Waals surface area contributed by atoms with Gasteiger partial charge in [0.25, 0.3) is 5.91 Å². The van der Waals surface area contributed by atoms with Crippen molar-refractivity contribution in [3.63, 3.8) is 0 Å². The van der Waals surface area contributed by atoms with Crippen LogP contribution in [0.25, 0.3) is 10.2 Å². The van der Waals surface area contributed by atoms with Crippen LogP contribution < -0.4 is 9.64 Å². The van der Waals surface area contributed by atoms with Crippen molar-refractivity contribution in [1.29, 1.82) is 0 Å². The molecule has 0 saturated carbocycles. The van der Waals surface area contributed by atoms with E-state index in [1.807, 2.05) is 32.3 Å². The Kier molecular flexibility index (Phi) is 11.3. The van der Waals surface area contributed by atoms with Crippen LogP contribution in [-0.2, 0) is 14.8 Å². The van der Waals surface area contributed by atoms with Crippen molar-refractivity contribution in [2.45, 2.75) is 18.2 Å². The summed E-state index contributed by atoms with van der Waals surface area (Å²) >= 11 is 1.42. The Bertz CT molecular complexity index is 1440. The molecule has 1 saturated heterocycles. The van der Waals surface area contributed by atoms with Crippen LogP contribution in [0.1, 0.15) is 23.7 Å². The van der Waals surface area contributed by atoms with Gasteiger partial charge in [-0.2, -0.15) is 4.31 Å². The second kappa shape index (κ2) is 14.3. The largest absolute Gasteiger partial charge is 0.497 e. The van der Waals surface area contributed by atoms with Crippen LogP contribution in [0, 0.1) is 0 Å². The lowest BCUT2D eigenvalue weighted by atomic mass is 10.2. The third-order valence-corrected chi connectivity index (χ3v) is 9.52. The van der Waals surface area contributed by atoms with E-state index in [1.165, 1.54) is 32.7 Å². The third-order valence-electron chi connectivity index (χ3n) is 6.55. The maximum atomic E-state index is 13.7. The maximum Gasteiger partial charge on any atom is 0.409 e. The molecule has 0 spiro atoms. The van der Waals surface area contributed by atoms with Crippen molar-refractivity contribution in [2.75, 3.05) is 72.0 Å². The summed E-state index contributed by atoms with van der Waals surface area (Å²) in [6.45, 7) is 4.10. The van der Waals surface area contributed by atoms with Crippen LogP contribution >= 0.6 is 23.7 Å². The molecule has 1 fully saturated rings. The molecule has 2 amide bonds. The number of amides is 2. The van der Waals surface area contributed by atoms with Gasteiger partial charge in [-0.15, -0.1) is 12.4 Å². The second-order valence-electron chi connectivity index (χ2n) is 9.56. The van der Waals surface area contributed by atoms with Crippen LogP contribution in [0.5, 0.6) is 5.75 Å². The van der Waals surface area contributed by atoms with Gasteiger partial charge in [-0.1, -0.05) is 11.3 Å². The molecule has 41 heavy (non-hydrogen) atoms. The summed E-state index contributed by atoms with van der Waals surface area (Å²) in [6.07, 6.45) is 0.298. The molecule has 2 aromatic carbocycles. The summed E-state index contributed by atoms with van der Waals surface area (Å²) in [7, 11) is 1.77. The zero-order valence-corrected chi connectivity index (χ0v) is 26.1. The predicted octanol–water partition coefficient (Wildman–Crippen LogP) is 3.79. The van der Waals surface area contributed by atoms with E-state index < -0.39 is 16.1 Å². The summed E-state index contributed by atoms with van der Waals surface area (Å²) in [5.41, 5.74) is 1.11. The van der Waals surface area contributed by atoms with Gasteiger partial charge in [0.2, 0.25) is 10.0 Å².